The van der Waals surface area contributed by atoms with Crippen LogP contribution in [0.15, 0.2) is 24.3 Å². The van der Waals surface area contributed by atoms with Crippen molar-refractivity contribution in [3.8, 4) is 0 Å². The average Bonchev–Trinajstić information content (AvgIpc) is 2.67. The maximum Gasteiger partial charge on any atom is 0.152 e. The Kier molecular flexibility index (Phi) is 3.37. The second kappa shape index (κ2) is 4.94. The smallest absolute Gasteiger partial charge is 0.152 e. The molecular weight excluding hydrogens is 200 g/mol. The summed E-state index contributed by atoms with van der Waals surface area (Å²) in [6, 6.07) is 7.88. The highest BCUT2D eigenvalue weighted by Crippen LogP contribution is 2.20. The Labute approximate surface area is 94.9 Å². The Balaban J connectivity index is 2.33. The predicted octanol–water partition coefficient (Wildman–Crippen LogP) is 2.48. The average molecular weight is 216 g/mol. The third-order valence-electron chi connectivity index (χ3n) is 2.67. The molecule has 0 amide bonds. The Morgan fingerprint density at radius 3 is 2.94 bits per heavy atom. The second-order valence-corrected chi connectivity index (χ2v) is 3.86. The number of fused-ring (bicyclic) bond motifs is 1. The largest absolute Gasteiger partial charge is 0.357 e. The molecule has 1 aromatic carbocycles. The first-order valence-electron chi connectivity index (χ1n) is 5.62. The van der Waals surface area contributed by atoms with Crippen LogP contribution in [-0.2, 0) is 6.54 Å². The third kappa shape index (κ3) is 1.99. The zero-order valence-corrected chi connectivity index (χ0v) is 9.42. The molecular formula is C13H16N2O. The molecule has 1 aromatic heterocycles. The molecule has 0 spiro atoms. The summed E-state index contributed by atoms with van der Waals surface area (Å²) in [6.45, 7) is 3.81. The Bertz CT molecular complexity index is 488. The van der Waals surface area contributed by atoms with Gasteiger partial charge in [-0.25, -0.2) is 0 Å². The number of para-hydroxylation sites is 1. The monoisotopic (exact) mass is 216 g/mol. The lowest BCUT2D eigenvalue weighted by Crippen LogP contribution is -2.15. The first kappa shape index (κ1) is 10.9. The molecule has 0 saturated carbocycles. The van der Waals surface area contributed by atoms with Crippen LogP contribution in [0.1, 0.15) is 29.4 Å². The summed E-state index contributed by atoms with van der Waals surface area (Å²) in [6.07, 6.45) is 2.03. The number of aromatic nitrogens is 1. The van der Waals surface area contributed by atoms with Crippen LogP contribution in [0, 0.1) is 0 Å². The van der Waals surface area contributed by atoms with Crippen LogP contribution in [0.3, 0.4) is 0 Å². The molecule has 2 N–H and O–H groups in total. The lowest BCUT2D eigenvalue weighted by Gasteiger charge is -2.01. The number of nitrogens with one attached hydrogen (secondary N) is 2. The van der Waals surface area contributed by atoms with E-state index in [1.165, 1.54) is 0 Å². The minimum atomic E-state index is 0.719. The van der Waals surface area contributed by atoms with Crippen molar-refractivity contribution in [1.82, 2.24) is 10.3 Å². The second-order valence-electron chi connectivity index (χ2n) is 3.86. The number of carbonyl (C=O) groups excluding carboxylic acids is 1. The van der Waals surface area contributed by atoms with Crippen molar-refractivity contribution in [3.63, 3.8) is 0 Å². The van der Waals surface area contributed by atoms with E-state index in [1.54, 1.807) is 0 Å². The van der Waals surface area contributed by atoms with Crippen LogP contribution in [0.2, 0.25) is 0 Å². The standard InChI is InChI=1S/C13H16N2O/c1-2-7-14-8-13-11(9-16)10-5-3-4-6-12(10)15-13/h3-6,9,14-15H,2,7-8H2,1H3. The van der Waals surface area contributed by atoms with Crippen LogP contribution < -0.4 is 5.32 Å². The number of hydrogen-bond donors (Lipinski definition) is 2. The van der Waals surface area contributed by atoms with Crippen molar-refractivity contribution in [3.05, 3.63) is 35.5 Å². The van der Waals surface area contributed by atoms with Crippen LogP contribution in [0.5, 0.6) is 0 Å². The highest BCUT2D eigenvalue weighted by atomic mass is 16.1. The summed E-state index contributed by atoms with van der Waals surface area (Å²) in [5, 5.41) is 4.30. The van der Waals surface area contributed by atoms with Gasteiger partial charge in [0.2, 0.25) is 0 Å². The van der Waals surface area contributed by atoms with Gasteiger partial charge in [-0.2, -0.15) is 0 Å². The van der Waals surface area contributed by atoms with Crippen molar-refractivity contribution in [2.75, 3.05) is 6.54 Å². The summed E-state index contributed by atoms with van der Waals surface area (Å²) in [4.78, 5) is 14.4. The van der Waals surface area contributed by atoms with E-state index in [-0.39, 0.29) is 0 Å². The zero-order valence-electron chi connectivity index (χ0n) is 9.42. The predicted molar refractivity (Wildman–Crippen MR) is 65.7 cm³/mol. The van der Waals surface area contributed by atoms with Gasteiger partial charge >= 0.3 is 0 Å². The van der Waals surface area contributed by atoms with E-state index in [0.29, 0.717) is 0 Å². The maximum absolute atomic E-state index is 11.1. The van der Waals surface area contributed by atoms with Gasteiger partial charge < -0.3 is 10.3 Å². The van der Waals surface area contributed by atoms with Crippen molar-refractivity contribution in [1.29, 1.82) is 0 Å². The highest BCUT2D eigenvalue weighted by Gasteiger charge is 2.09. The van der Waals surface area contributed by atoms with E-state index in [0.717, 1.165) is 48.0 Å². The fourth-order valence-corrected chi connectivity index (χ4v) is 1.88. The number of aldehydes is 1. The van der Waals surface area contributed by atoms with Crippen LogP contribution in [0.25, 0.3) is 10.9 Å². The number of H-pyrrole nitrogens is 1. The fourth-order valence-electron chi connectivity index (χ4n) is 1.88. The van der Waals surface area contributed by atoms with Gasteiger partial charge in [0.15, 0.2) is 6.29 Å². The molecule has 0 atom stereocenters. The number of aromatic amines is 1. The fraction of sp³-hybridized carbons (Fsp3) is 0.308. The topological polar surface area (TPSA) is 44.9 Å². The van der Waals surface area contributed by atoms with Crippen molar-refractivity contribution in [2.24, 2.45) is 0 Å². The maximum atomic E-state index is 11.1. The van der Waals surface area contributed by atoms with Gasteiger partial charge in [-0.3, -0.25) is 4.79 Å². The van der Waals surface area contributed by atoms with Crippen molar-refractivity contribution in [2.45, 2.75) is 19.9 Å². The molecule has 0 radical (unpaired) electrons. The Hall–Kier alpha value is -1.61. The number of carbonyl (C=O) groups is 1. The van der Waals surface area contributed by atoms with Gasteiger partial charge in [0.05, 0.1) is 0 Å². The first-order valence-corrected chi connectivity index (χ1v) is 5.62. The molecule has 2 rings (SSSR count). The van der Waals surface area contributed by atoms with Crippen molar-refractivity contribution < 1.29 is 4.79 Å². The summed E-state index contributed by atoms with van der Waals surface area (Å²) in [7, 11) is 0. The number of benzene rings is 1. The summed E-state index contributed by atoms with van der Waals surface area (Å²) in [5.41, 5.74) is 2.78. The molecule has 3 heteroatoms. The zero-order chi connectivity index (χ0) is 11.4. The molecule has 0 aliphatic rings. The molecule has 2 aromatic rings. The Morgan fingerprint density at radius 2 is 2.19 bits per heavy atom. The van der Waals surface area contributed by atoms with Gasteiger partial charge in [-0.1, -0.05) is 25.1 Å². The molecule has 84 valence electrons. The highest BCUT2D eigenvalue weighted by molar-refractivity contribution is 5.98. The Morgan fingerprint density at radius 1 is 1.38 bits per heavy atom. The van der Waals surface area contributed by atoms with E-state index >= 15 is 0 Å². The molecule has 1 heterocycles. The van der Waals surface area contributed by atoms with Gasteiger partial charge in [0.1, 0.15) is 0 Å². The lowest BCUT2D eigenvalue weighted by molar-refractivity contribution is 0.112. The lowest BCUT2D eigenvalue weighted by atomic mass is 10.1. The van der Waals surface area contributed by atoms with Crippen LogP contribution >= 0.6 is 0 Å². The van der Waals surface area contributed by atoms with Crippen LogP contribution in [0.4, 0.5) is 0 Å². The summed E-state index contributed by atoms with van der Waals surface area (Å²) < 4.78 is 0. The van der Waals surface area contributed by atoms with Crippen molar-refractivity contribution >= 4 is 17.2 Å². The molecule has 0 saturated heterocycles. The molecule has 3 nitrogen and oxygen atoms in total. The summed E-state index contributed by atoms with van der Waals surface area (Å²) in [5.74, 6) is 0. The van der Waals surface area contributed by atoms with E-state index in [9.17, 15) is 4.79 Å². The molecule has 0 bridgehead atoms. The van der Waals surface area contributed by atoms with Gasteiger partial charge in [0, 0.05) is 28.7 Å². The van der Waals surface area contributed by atoms with Gasteiger partial charge in [-0.05, 0) is 19.0 Å². The summed E-state index contributed by atoms with van der Waals surface area (Å²) >= 11 is 0. The first-order chi connectivity index (χ1) is 7.86. The number of hydrogen-bond acceptors (Lipinski definition) is 2. The van der Waals surface area contributed by atoms with Gasteiger partial charge in [-0.15, -0.1) is 0 Å². The third-order valence-corrected chi connectivity index (χ3v) is 2.67. The minimum Gasteiger partial charge on any atom is -0.357 e. The van der Waals surface area contributed by atoms with E-state index < -0.39 is 0 Å². The SMILES string of the molecule is CCCNCc1[nH]c2ccccc2c1C=O. The quantitative estimate of drug-likeness (QED) is 0.595. The van der Waals surface area contributed by atoms with Gasteiger partial charge in [0.25, 0.3) is 0 Å². The molecule has 16 heavy (non-hydrogen) atoms. The van der Waals surface area contributed by atoms with Crippen LogP contribution in [-0.4, -0.2) is 17.8 Å². The van der Waals surface area contributed by atoms with E-state index in [1.807, 2.05) is 24.3 Å². The minimum absolute atomic E-state index is 0.719. The normalized spacial score (nSPS) is 10.8. The molecule has 0 unspecified atom stereocenters. The molecule has 0 fully saturated rings. The number of rotatable bonds is 5. The van der Waals surface area contributed by atoms with E-state index in [4.69, 9.17) is 0 Å². The molecule has 0 aliphatic heterocycles. The van der Waals surface area contributed by atoms with E-state index in [2.05, 4.69) is 17.2 Å². The molecule has 0 aliphatic carbocycles.